The van der Waals surface area contributed by atoms with Crippen LogP contribution in [0.1, 0.15) is 10.7 Å². The fourth-order valence-electron chi connectivity index (χ4n) is 2.36. The van der Waals surface area contributed by atoms with Gasteiger partial charge in [-0.05, 0) is 24.3 Å². The van der Waals surface area contributed by atoms with Gasteiger partial charge in [-0.2, -0.15) is 0 Å². The fraction of sp³-hybridized carbons (Fsp3) is 0.211. The minimum absolute atomic E-state index is 0.160. The molecule has 0 aliphatic heterocycles. The Morgan fingerprint density at radius 3 is 2.78 bits per heavy atom. The van der Waals surface area contributed by atoms with Crippen molar-refractivity contribution in [3.8, 4) is 17.2 Å². The lowest BCUT2D eigenvalue weighted by molar-refractivity contribution is -0.115. The van der Waals surface area contributed by atoms with Gasteiger partial charge in [-0.25, -0.2) is 4.98 Å². The number of rotatable bonds is 8. The summed E-state index contributed by atoms with van der Waals surface area (Å²) in [6.45, 7) is 0.341. The number of benzene rings is 1. The van der Waals surface area contributed by atoms with Gasteiger partial charge < -0.3 is 19.5 Å². The van der Waals surface area contributed by atoms with Gasteiger partial charge in [0.1, 0.15) is 17.4 Å². The number of ether oxygens (including phenoxy) is 3. The molecule has 0 radical (unpaired) electrons. The van der Waals surface area contributed by atoms with Crippen molar-refractivity contribution in [2.75, 3.05) is 19.5 Å². The molecule has 1 N–H and O–H groups in total. The molecule has 0 unspecified atom stereocenters. The summed E-state index contributed by atoms with van der Waals surface area (Å²) in [5.41, 5.74) is 1.33. The summed E-state index contributed by atoms with van der Waals surface area (Å²) >= 11 is 1.46. The number of anilines is 1. The average molecular weight is 385 g/mol. The highest BCUT2D eigenvalue weighted by Crippen LogP contribution is 2.29. The molecule has 0 saturated carbocycles. The number of pyridine rings is 1. The standard InChI is InChI=1S/C19H19N3O4S/c1-24-16-6-5-13(8-17(16)25-2)21-18(23)9-14-12-27-19(22-14)11-26-15-4-3-7-20-10-15/h3-8,10,12H,9,11H2,1-2H3,(H,21,23). The van der Waals surface area contributed by atoms with Crippen molar-refractivity contribution < 1.29 is 19.0 Å². The van der Waals surface area contributed by atoms with E-state index in [0.29, 0.717) is 35.2 Å². The first-order valence-corrected chi connectivity index (χ1v) is 9.04. The van der Waals surface area contributed by atoms with Gasteiger partial charge in [0.25, 0.3) is 0 Å². The van der Waals surface area contributed by atoms with Crippen molar-refractivity contribution in [1.29, 1.82) is 0 Å². The molecule has 0 saturated heterocycles. The van der Waals surface area contributed by atoms with Crippen LogP contribution in [-0.2, 0) is 17.8 Å². The summed E-state index contributed by atoms with van der Waals surface area (Å²) in [6.07, 6.45) is 3.51. The van der Waals surface area contributed by atoms with E-state index in [1.54, 1.807) is 50.9 Å². The molecule has 3 aromatic rings. The molecule has 7 nitrogen and oxygen atoms in total. The number of thiazole rings is 1. The van der Waals surface area contributed by atoms with Crippen LogP contribution in [0.3, 0.4) is 0 Å². The van der Waals surface area contributed by atoms with Crippen LogP contribution in [0.4, 0.5) is 5.69 Å². The first-order chi connectivity index (χ1) is 13.2. The van der Waals surface area contributed by atoms with Crippen LogP contribution in [0.5, 0.6) is 17.2 Å². The molecule has 0 fully saturated rings. The second-order valence-electron chi connectivity index (χ2n) is 5.50. The molecule has 0 aliphatic carbocycles. The topological polar surface area (TPSA) is 82.6 Å². The third kappa shape index (κ3) is 5.18. The van der Waals surface area contributed by atoms with Crippen molar-refractivity contribution in [3.63, 3.8) is 0 Å². The number of nitrogens with one attached hydrogen (secondary N) is 1. The molecule has 1 amide bonds. The quantitative estimate of drug-likeness (QED) is 0.641. The Labute approximate surface area is 161 Å². The number of methoxy groups -OCH3 is 2. The number of carbonyl (C=O) groups is 1. The summed E-state index contributed by atoms with van der Waals surface area (Å²) in [7, 11) is 3.11. The van der Waals surface area contributed by atoms with Crippen LogP contribution in [0.25, 0.3) is 0 Å². The third-order valence-electron chi connectivity index (χ3n) is 3.60. The molecule has 2 aromatic heterocycles. The SMILES string of the molecule is COc1ccc(NC(=O)Cc2csc(COc3cccnc3)n2)cc1OC. The Morgan fingerprint density at radius 1 is 1.19 bits per heavy atom. The third-order valence-corrected chi connectivity index (χ3v) is 4.48. The van der Waals surface area contributed by atoms with Gasteiger partial charge in [0, 0.05) is 23.3 Å². The summed E-state index contributed by atoms with van der Waals surface area (Å²) in [5.74, 6) is 1.68. The highest BCUT2D eigenvalue weighted by atomic mass is 32.1. The molecule has 0 atom stereocenters. The largest absolute Gasteiger partial charge is 0.493 e. The Morgan fingerprint density at radius 2 is 2.04 bits per heavy atom. The lowest BCUT2D eigenvalue weighted by atomic mass is 10.2. The fourth-order valence-corrected chi connectivity index (χ4v) is 3.06. The van der Waals surface area contributed by atoms with Crippen LogP contribution in [0.15, 0.2) is 48.1 Å². The Hall–Kier alpha value is -3.13. The van der Waals surface area contributed by atoms with Gasteiger partial charge in [-0.15, -0.1) is 11.3 Å². The normalized spacial score (nSPS) is 10.3. The van der Waals surface area contributed by atoms with E-state index in [1.165, 1.54) is 11.3 Å². The van der Waals surface area contributed by atoms with Gasteiger partial charge in [-0.1, -0.05) is 0 Å². The van der Waals surface area contributed by atoms with Crippen LogP contribution < -0.4 is 19.5 Å². The predicted molar refractivity (Wildman–Crippen MR) is 103 cm³/mol. The zero-order valence-electron chi connectivity index (χ0n) is 15.0. The first-order valence-electron chi connectivity index (χ1n) is 8.16. The summed E-state index contributed by atoms with van der Waals surface area (Å²) in [4.78, 5) is 20.7. The lowest BCUT2D eigenvalue weighted by Crippen LogP contribution is -2.14. The minimum atomic E-state index is -0.160. The van der Waals surface area contributed by atoms with E-state index < -0.39 is 0 Å². The summed E-state index contributed by atoms with van der Waals surface area (Å²) in [5, 5.41) is 5.49. The monoisotopic (exact) mass is 385 g/mol. The lowest BCUT2D eigenvalue weighted by Gasteiger charge is -2.10. The van der Waals surface area contributed by atoms with E-state index in [4.69, 9.17) is 14.2 Å². The Bertz CT molecular complexity index is 899. The molecule has 140 valence electrons. The van der Waals surface area contributed by atoms with Gasteiger partial charge in [0.05, 0.1) is 32.5 Å². The average Bonchev–Trinajstić information content (AvgIpc) is 3.14. The molecular weight excluding hydrogens is 366 g/mol. The summed E-state index contributed by atoms with van der Waals surface area (Å²) in [6, 6.07) is 8.85. The van der Waals surface area contributed by atoms with E-state index >= 15 is 0 Å². The number of aromatic nitrogens is 2. The maximum absolute atomic E-state index is 12.3. The van der Waals surface area contributed by atoms with Crippen molar-refractivity contribution >= 4 is 22.9 Å². The Balaban J connectivity index is 1.54. The molecule has 3 rings (SSSR count). The first kappa shape index (κ1) is 18.7. The molecule has 0 aliphatic rings. The van der Waals surface area contributed by atoms with Crippen molar-refractivity contribution in [3.05, 3.63) is 58.8 Å². The molecular formula is C19H19N3O4S. The summed E-state index contributed by atoms with van der Waals surface area (Å²) < 4.78 is 16.0. The van der Waals surface area contributed by atoms with Crippen LogP contribution >= 0.6 is 11.3 Å². The number of carbonyl (C=O) groups excluding carboxylic acids is 1. The van der Waals surface area contributed by atoms with E-state index in [9.17, 15) is 4.79 Å². The van der Waals surface area contributed by atoms with Crippen molar-refractivity contribution in [2.24, 2.45) is 0 Å². The minimum Gasteiger partial charge on any atom is -0.493 e. The molecule has 0 bridgehead atoms. The van der Waals surface area contributed by atoms with Crippen molar-refractivity contribution in [1.82, 2.24) is 9.97 Å². The smallest absolute Gasteiger partial charge is 0.230 e. The Kier molecular flexibility index (Phi) is 6.22. The van der Waals surface area contributed by atoms with E-state index in [0.717, 1.165) is 5.01 Å². The number of hydrogen-bond acceptors (Lipinski definition) is 7. The maximum atomic E-state index is 12.3. The van der Waals surface area contributed by atoms with Gasteiger partial charge >= 0.3 is 0 Å². The van der Waals surface area contributed by atoms with Crippen LogP contribution in [0.2, 0.25) is 0 Å². The molecule has 27 heavy (non-hydrogen) atoms. The number of amides is 1. The van der Waals surface area contributed by atoms with Crippen LogP contribution in [-0.4, -0.2) is 30.1 Å². The second-order valence-corrected chi connectivity index (χ2v) is 6.45. The van der Waals surface area contributed by atoms with E-state index in [1.807, 2.05) is 11.4 Å². The number of hydrogen-bond donors (Lipinski definition) is 1. The maximum Gasteiger partial charge on any atom is 0.230 e. The number of nitrogens with zero attached hydrogens (tertiary/aromatic N) is 2. The van der Waals surface area contributed by atoms with Gasteiger partial charge in [0.15, 0.2) is 11.5 Å². The molecule has 2 heterocycles. The predicted octanol–water partition coefficient (Wildman–Crippen LogP) is 3.32. The highest BCUT2D eigenvalue weighted by molar-refractivity contribution is 7.09. The molecule has 8 heteroatoms. The zero-order valence-corrected chi connectivity index (χ0v) is 15.8. The van der Waals surface area contributed by atoms with E-state index in [2.05, 4.69) is 15.3 Å². The van der Waals surface area contributed by atoms with Crippen LogP contribution in [0, 0.1) is 0 Å². The van der Waals surface area contributed by atoms with Gasteiger partial charge in [0.2, 0.25) is 5.91 Å². The zero-order chi connectivity index (χ0) is 19.1. The molecule has 1 aromatic carbocycles. The molecule has 0 spiro atoms. The van der Waals surface area contributed by atoms with Crippen molar-refractivity contribution in [2.45, 2.75) is 13.0 Å². The van der Waals surface area contributed by atoms with E-state index in [-0.39, 0.29) is 12.3 Å². The van der Waals surface area contributed by atoms with Gasteiger partial charge in [-0.3, -0.25) is 9.78 Å². The second kappa shape index (κ2) is 9.00. The highest BCUT2D eigenvalue weighted by Gasteiger charge is 2.11.